The predicted octanol–water partition coefficient (Wildman–Crippen LogP) is 3.92. The van der Waals surface area contributed by atoms with Gasteiger partial charge in [-0.1, -0.05) is 19.1 Å². The average molecular weight is 304 g/mol. The molecule has 0 saturated carbocycles. The first-order chi connectivity index (χ1) is 9.75. The van der Waals surface area contributed by atoms with E-state index in [9.17, 15) is 18.0 Å². The third-order valence-corrected chi connectivity index (χ3v) is 3.26. The van der Waals surface area contributed by atoms with Crippen LogP contribution in [0.15, 0.2) is 35.1 Å². The van der Waals surface area contributed by atoms with Crippen LogP contribution < -0.4 is 0 Å². The number of allylic oxidation sites excluding steroid dienone is 5. The fourth-order valence-corrected chi connectivity index (χ4v) is 1.75. The van der Waals surface area contributed by atoms with Crippen LogP contribution in [-0.4, -0.2) is 25.9 Å². The van der Waals surface area contributed by atoms with Crippen LogP contribution in [0, 0.1) is 5.92 Å². The molecule has 0 spiro atoms. The number of hydrogen-bond acceptors (Lipinski definition) is 3. The molecule has 21 heavy (non-hydrogen) atoms. The highest BCUT2D eigenvalue weighted by Crippen LogP contribution is 2.32. The molecule has 0 aromatic carbocycles. The second kappa shape index (κ2) is 7.33. The van der Waals surface area contributed by atoms with Gasteiger partial charge in [-0.3, -0.25) is 4.79 Å². The zero-order chi connectivity index (χ0) is 16.0. The monoisotopic (exact) mass is 304 g/mol. The molecule has 3 nitrogen and oxygen atoms in total. The van der Waals surface area contributed by atoms with Gasteiger partial charge in [0, 0.05) is 6.42 Å². The van der Waals surface area contributed by atoms with Crippen molar-refractivity contribution in [3.63, 3.8) is 0 Å². The summed E-state index contributed by atoms with van der Waals surface area (Å²) in [5.74, 6) is -0.298. The number of methoxy groups -OCH3 is 1. The van der Waals surface area contributed by atoms with E-state index in [2.05, 4.69) is 4.74 Å². The summed E-state index contributed by atoms with van der Waals surface area (Å²) in [5.41, 5.74) is -0.0160. The zero-order valence-corrected chi connectivity index (χ0v) is 12.3. The molecule has 6 heteroatoms. The lowest BCUT2D eigenvalue weighted by Crippen LogP contribution is -2.10. The Bertz CT molecular complexity index is 473. The summed E-state index contributed by atoms with van der Waals surface area (Å²) >= 11 is 0. The molecule has 0 aromatic heterocycles. The van der Waals surface area contributed by atoms with E-state index in [1.54, 1.807) is 13.8 Å². The number of alkyl halides is 3. The molecule has 0 amide bonds. The van der Waals surface area contributed by atoms with Gasteiger partial charge in [0.25, 0.3) is 0 Å². The molecule has 0 N–H and O–H groups in total. The lowest BCUT2D eigenvalue weighted by Gasteiger charge is -2.13. The van der Waals surface area contributed by atoms with Crippen LogP contribution in [0.25, 0.3) is 0 Å². The van der Waals surface area contributed by atoms with Crippen LogP contribution >= 0.6 is 0 Å². The standard InChI is InChI=1S/C15H19F3O3/c1-10-6-7-12(15(16,17)18)9-13(11(10)2)21-8-4-5-14(19)20-3/h6-7,9-10H,4-5,8H2,1-3H3. The van der Waals surface area contributed by atoms with Crippen molar-refractivity contribution >= 4 is 5.97 Å². The quantitative estimate of drug-likeness (QED) is 0.570. The maximum absolute atomic E-state index is 12.8. The Hall–Kier alpha value is -1.72. The summed E-state index contributed by atoms with van der Waals surface area (Å²) < 4.78 is 48.4. The van der Waals surface area contributed by atoms with E-state index in [-0.39, 0.29) is 30.7 Å². The van der Waals surface area contributed by atoms with E-state index < -0.39 is 11.7 Å². The highest BCUT2D eigenvalue weighted by molar-refractivity contribution is 5.69. The van der Waals surface area contributed by atoms with E-state index in [4.69, 9.17) is 4.74 Å². The maximum atomic E-state index is 12.8. The van der Waals surface area contributed by atoms with Crippen molar-refractivity contribution in [2.75, 3.05) is 13.7 Å². The topological polar surface area (TPSA) is 35.5 Å². The summed E-state index contributed by atoms with van der Waals surface area (Å²) in [6.45, 7) is 3.70. The third-order valence-electron chi connectivity index (χ3n) is 3.26. The lowest BCUT2D eigenvalue weighted by atomic mass is 10.0. The van der Waals surface area contributed by atoms with Crippen LogP contribution in [-0.2, 0) is 14.3 Å². The van der Waals surface area contributed by atoms with E-state index in [0.29, 0.717) is 6.42 Å². The molecule has 0 aromatic rings. The molecule has 0 heterocycles. The van der Waals surface area contributed by atoms with Gasteiger partial charge >= 0.3 is 12.1 Å². The summed E-state index contributed by atoms with van der Waals surface area (Å²) in [6, 6.07) is 0. The normalized spacial score (nSPS) is 19.1. The van der Waals surface area contributed by atoms with Gasteiger partial charge < -0.3 is 9.47 Å². The maximum Gasteiger partial charge on any atom is 0.416 e. The molecule has 0 bridgehead atoms. The number of rotatable bonds is 5. The number of carbonyl (C=O) groups is 1. The van der Waals surface area contributed by atoms with E-state index in [1.165, 1.54) is 13.2 Å². The molecule has 1 aliphatic rings. The van der Waals surface area contributed by atoms with Gasteiger partial charge in [-0.05, 0) is 30.9 Å². The Morgan fingerprint density at radius 3 is 2.62 bits per heavy atom. The molecule has 0 saturated heterocycles. The van der Waals surface area contributed by atoms with Crippen molar-refractivity contribution in [2.45, 2.75) is 32.9 Å². The van der Waals surface area contributed by atoms with Crippen molar-refractivity contribution in [3.05, 3.63) is 35.1 Å². The Morgan fingerprint density at radius 1 is 1.38 bits per heavy atom. The summed E-state index contributed by atoms with van der Waals surface area (Å²) in [4.78, 5) is 11.0. The van der Waals surface area contributed by atoms with Crippen LogP contribution in [0.1, 0.15) is 26.7 Å². The molecule has 0 fully saturated rings. The summed E-state index contributed by atoms with van der Waals surface area (Å²) in [5, 5.41) is 0. The van der Waals surface area contributed by atoms with Crippen LogP contribution in [0.3, 0.4) is 0 Å². The molecular formula is C15H19F3O3. The van der Waals surface area contributed by atoms with Gasteiger partial charge in [0.1, 0.15) is 5.76 Å². The molecular weight excluding hydrogens is 285 g/mol. The Kier molecular flexibility index (Phi) is 6.05. The van der Waals surface area contributed by atoms with Gasteiger partial charge in [0.05, 0.1) is 19.3 Å². The van der Waals surface area contributed by atoms with Gasteiger partial charge in [-0.2, -0.15) is 13.2 Å². The summed E-state index contributed by atoms with van der Waals surface area (Å²) in [6.07, 6.45) is -0.277. The zero-order valence-electron chi connectivity index (χ0n) is 12.3. The highest BCUT2D eigenvalue weighted by Gasteiger charge is 2.33. The second-order valence-corrected chi connectivity index (χ2v) is 4.82. The van der Waals surface area contributed by atoms with Crippen molar-refractivity contribution in [3.8, 4) is 0 Å². The molecule has 1 atom stereocenters. The van der Waals surface area contributed by atoms with Gasteiger partial charge in [0.15, 0.2) is 0 Å². The number of hydrogen-bond donors (Lipinski definition) is 0. The van der Waals surface area contributed by atoms with Crippen molar-refractivity contribution in [1.29, 1.82) is 0 Å². The van der Waals surface area contributed by atoms with Gasteiger partial charge in [-0.15, -0.1) is 0 Å². The number of carbonyl (C=O) groups excluding carboxylic acids is 1. The molecule has 1 unspecified atom stereocenters. The molecule has 1 aliphatic carbocycles. The first kappa shape index (κ1) is 17.3. The average Bonchev–Trinajstić information content (AvgIpc) is 2.55. The highest BCUT2D eigenvalue weighted by atomic mass is 19.4. The van der Waals surface area contributed by atoms with Gasteiger partial charge in [0.2, 0.25) is 0 Å². The Labute approximate surface area is 122 Å². The predicted molar refractivity (Wildman–Crippen MR) is 72.3 cm³/mol. The Morgan fingerprint density at radius 2 is 2.05 bits per heavy atom. The lowest BCUT2D eigenvalue weighted by molar-refractivity contribution is -0.140. The largest absolute Gasteiger partial charge is 0.494 e. The first-order valence-electron chi connectivity index (χ1n) is 6.63. The van der Waals surface area contributed by atoms with Crippen molar-refractivity contribution in [2.24, 2.45) is 5.92 Å². The third kappa shape index (κ3) is 5.28. The Balaban J connectivity index is 2.76. The molecule has 0 aliphatic heterocycles. The fraction of sp³-hybridized carbons (Fsp3) is 0.533. The fourth-order valence-electron chi connectivity index (χ4n) is 1.75. The number of esters is 1. The SMILES string of the molecule is COC(=O)CCCOC1=C(C)C(C)C=CC(C(F)(F)F)=C1. The van der Waals surface area contributed by atoms with Crippen molar-refractivity contribution in [1.82, 2.24) is 0 Å². The van der Waals surface area contributed by atoms with E-state index in [1.807, 2.05) is 0 Å². The molecule has 118 valence electrons. The second-order valence-electron chi connectivity index (χ2n) is 4.82. The van der Waals surface area contributed by atoms with Crippen LogP contribution in [0.4, 0.5) is 13.2 Å². The molecule has 1 rings (SSSR count). The van der Waals surface area contributed by atoms with E-state index >= 15 is 0 Å². The van der Waals surface area contributed by atoms with Gasteiger partial charge in [-0.25, -0.2) is 0 Å². The molecule has 0 radical (unpaired) electrons. The first-order valence-corrected chi connectivity index (χ1v) is 6.63. The smallest absolute Gasteiger partial charge is 0.416 e. The van der Waals surface area contributed by atoms with Crippen LogP contribution in [0.2, 0.25) is 0 Å². The van der Waals surface area contributed by atoms with E-state index in [0.717, 1.165) is 17.7 Å². The minimum absolute atomic E-state index is 0.142. The number of halogens is 3. The van der Waals surface area contributed by atoms with Crippen LogP contribution in [0.5, 0.6) is 0 Å². The minimum Gasteiger partial charge on any atom is -0.494 e. The minimum atomic E-state index is -4.42. The summed E-state index contributed by atoms with van der Waals surface area (Å²) in [7, 11) is 1.28. The van der Waals surface area contributed by atoms with Crippen molar-refractivity contribution < 1.29 is 27.4 Å². The number of ether oxygens (including phenoxy) is 2.